The Morgan fingerprint density at radius 1 is 1.53 bits per heavy atom. The fourth-order valence-electron chi connectivity index (χ4n) is 1.10. The first-order chi connectivity index (χ1) is 8.11. The van der Waals surface area contributed by atoms with Gasteiger partial charge in [0.05, 0.1) is 25.4 Å². The summed E-state index contributed by atoms with van der Waals surface area (Å²) < 4.78 is 10.3. The number of thioether (sulfide) groups is 1. The summed E-state index contributed by atoms with van der Waals surface area (Å²) in [6.45, 7) is 2.66. The molecule has 2 unspecified atom stereocenters. The normalized spacial score (nSPS) is 14.8. The zero-order valence-electron chi connectivity index (χ0n) is 9.92. The Morgan fingerprint density at radius 3 is 2.88 bits per heavy atom. The minimum atomic E-state index is -0.570. The van der Waals surface area contributed by atoms with Crippen molar-refractivity contribution < 1.29 is 14.6 Å². The number of hydrogen-bond donors (Lipinski definition) is 3. The summed E-state index contributed by atoms with van der Waals surface area (Å²) in [6.07, 6.45) is -0.599. The predicted molar refractivity (Wildman–Crippen MR) is 64.8 cm³/mol. The Labute approximate surface area is 104 Å². The lowest BCUT2D eigenvalue weighted by molar-refractivity contribution is -0.0257. The molecule has 1 rings (SSSR count). The number of aromatic nitrogens is 3. The molecule has 1 aromatic heterocycles. The lowest BCUT2D eigenvalue weighted by Crippen LogP contribution is -2.24. The number of aromatic amines is 1. The number of ether oxygens (including phenoxy) is 2. The number of methoxy groups -OCH3 is 1. The highest BCUT2D eigenvalue weighted by Gasteiger charge is 2.10. The van der Waals surface area contributed by atoms with Gasteiger partial charge in [-0.3, -0.25) is 0 Å². The lowest BCUT2D eigenvalue weighted by atomic mass is 10.4. The van der Waals surface area contributed by atoms with Crippen molar-refractivity contribution >= 4 is 17.7 Å². The molecule has 0 aliphatic rings. The van der Waals surface area contributed by atoms with E-state index in [1.165, 1.54) is 11.8 Å². The molecule has 0 saturated heterocycles. The molecule has 2 atom stereocenters. The number of nitrogen functional groups attached to an aromatic ring is 1. The SMILES string of the molecule is COCC(C)OCC(O)CSc1n[nH]c(N)n1. The average Bonchev–Trinajstić information content (AvgIpc) is 2.70. The van der Waals surface area contributed by atoms with Gasteiger partial charge in [-0.15, -0.1) is 5.10 Å². The second-order valence-corrected chi connectivity index (χ2v) is 4.55. The van der Waals surface area contributed by atoms with E-state index < -0.39 is 6.10 Å². The first kappa shape index (κ1) is 14.2. The molecule has 98 valence electrons. The van der Waals surface area contributed by atoms with Crippen LogP contribution in [0.3, 0.4) is 0 Å². The second-order valence-electron chi connectivity index (χ2n) is 3.57. The van der Waals surface area contributed by atoms with Crippen LogP contribution >= 0.6 is 11.8 Å². The van der Waals surface area contributed by atoms with E-state index in [4.69, 9.17) is 15.2 Å². The fraction of sp³-hybridized carbons (Fsp3) is 0.778. The monoisotopic (exact) mass is 262 g/mol. The van der Waals surface area contributed by atoms with Crippen molar-refractivity contribution in [2.75, 3.05) is 31.8 Å². The first-order valence-corrected chi connectivity index (χ1v) is 6.19. The number of aliphatic hydroxyl groups excluding tert-OH is 1. The maximum atomic E-state index is 9.65. The quantitative estimate of drug-likeness (QED) is 0.561. The molecule has 0 saturated carbocycles. The minimum absolute atomic E-state index is 0.0289. The molecule has 7 nitrogen and oxygen atoms in total. The van der Waals surface area contributed by atoms with Crippen molar-refractivity contribution in [3.63, 3.8) is 0 Å². The largest absolute Gasteiger partial charge is 0.390 e. The van der Waals surface area contributed by atoms with Crippen molar-refractivity contribution in [3.8, 4) is 0 Å². The molecule has 0 bridgehead atoms. The van der Waals surface area contributed by atoms with Gasteiger partial charge in [-0.1, -0.05) is 11.8 Å². The summed E-state index contributed by atoms with van der Waals surface area (Å²) in [6, 6.07) is 0. The topological polar surface area (TPSA) is 106 Å². The molecular weight excluding hydrogens is 244 g/mol. The molecule has 4 N–H and O–H groups in total. The molecule has 0 radical (unpaired) electrons. The van der Waals surface area contributed by atoms with Gasteiger partial charge in [-0.2, -0.15) is 4.98 Å². The lowest BCUT2D eigenvalue weighted by Gasteiger charge is -2.14. The average molecular weight is 262 g/mol. The maximum absolute atomic E-state index is 9.65. The summed E-state index contributed by atoms with van der Waals surface area (Å²) in [5.41, 5.74) is 5.37. The molecule has 1 heterocycles. The Bertz CT molecular complexity index is 323. The molecule has 0 spiro atoms. The molecule has 0 fully saturated rings. The Morgan fingerprint density at radius 2 is 2.29 bits per heavy atom. The molecule has 0 aliphatic heterocycles. The van der Waals surface area contributed by atoms with Gasteiger partial charge in [0.1, 0.15) is 0 Å². The van der Waals surface area contributed by atoms with Gasteiger partial charge in [0.25, 0.3) is 0 Å². The predicted octanol–water partition coefficient (Wildman–Crippen LogP) is -0.109. The fourth-order valence-corrected chi connectivity index (χ4v) is 1.81. The molecule has 1 aromatic rings. The van der Waals surface area contributed by atoms with Crippen LogP contribution in [0, 0.1) is 0 Å². The van der Waals surface area contributed by atoms with Gasteiger partial charge < -0.3 is 20.3 Å². The van der Waals surface area contributed by atoms with Crippen LogP contribution in [0.5, 0.6) is 0 Å². The maximum Gasteiger partial charge on any atom is 0.216 e. The third-order valence-corrected chi connectivity index (χ3v) is 2.85. The highest BCUT2D eigenvalue weighted by Crippen LogP contribution is 2.14. The van der Waals surface area contributed by atoms with E-state index in [0.29, 0.717) is 17.5 Å². The van der Waals surface area contributed by atoms with Crippen molar-refractivity contribution in [2.45, 2.75) is 24.3 Å². The zero-order chi connectivity index (χ0) is 12.7. The van der Waals surface area contributed by atoms with Crippen LogP contribution in [0.25, 0.3) is 0 Å². The number of aliphatic hydroxyl groups is 1. The van der Waals surface area contributed by atoms with Gasteiger partial charge in [0.15, 0.2) is 0 Å². The van der Waals surface area contributed by atoms with Crippen LogP contribution in [0.15, 0.2) is 5.16 Å². The number of hydrogen-bond acceptors (Lipinski definition) is 7. The van der Waals surface area contributed by atoms with Gasteiger partial charge in [-0.05, 0) is 6.92 Å². The highest BCUT2D eigenvalue weighted by molar-refractivity contribution is 7.99. The van der Waals surface area contributed by atoms with Crippen LogP contribution in [0.1, 0.15) is 6.92 Å². The number of nitrogens with zero attached hydrogens (tertiary/aromatic N) is 2. The number of anilines is 1. The van der Waals surface area contributed by atoms with E-state index >= 15 is 0 Å². The van der Waals surface area contributed by atoms with Crippen molar-refractivity contribution in [1.82, 2.24) is 15.2 Å². The van der Waals surface area contributed by atoms with E-state index in [0.717, 1.165) is 0 Å². The Kier molecular flexibility index (Phi) is 6.27. The zero-order valence-corrected chi connectivity index (χ0v) is 10.7. The Balaban J connectivity index is 2.14. The minimum Gasteiger partial charge on any atom is -0.390 e. The van der Waals surface area contributed by atoms with Gasteiger partial charge in [0, 0.05) is 12.9 Å². The van der Waals surface area contributed by atoms with Gasteiger partial charge >= 0.3 is 0 Å². The van der Waals surface area contributed by atoms with Crippen LogP contribution in [-0.4, -0.2) is 58.6 Å². The van der Waals surface area contributed by atoms with Crippen LogP contribution in [0.2, 0.25) is 0 Å². The van der Waals surface area contributed by atoms with E-state index in [1.54, 1.807) is 7.11 Å². The number of nitrogens with two attached hydrogens (primary N) is 1. The smallest absolute Gasteiger partial charge is 0.216 e. The molecule has 0 aromatic carbocycles. The third-order valence-electron chi connectivity index (χ3n) is 1.86. The summed E-state index contributed by atoms with van der Waals surface area (Å²) in [4.78, 5) is 3.91. The molecule has 17 heavy (non-hydrogen) atoms. The van der Waals surface area contributed by atoms with E-state index in [2.05, 4.69) is 15.2 Å². The van der Waals surface area contributed by atoms with Crippen LogP contribution in [0.4, 0.5) is 5.95 Å². The highest BCUT2D eigenvalue weighted by atomic mass is 32.2. The molecule has 0 aliphatic carbocycles. The van der Waals surface area contributed by atoms with Crippen molar-refractivity contribution in [1.29, 1.82) is 0 Å². The van der Waals surface area contributed by atoms with Gasteiger partial charge in [0.2, 0.25) is 11.1 Å². The Hall–Kier alpha value is -0.830. The van der Waals surface area contributed by atoms with Crippen molar-refractivity contribution in [2.24, 2.45) is 0 Å². The van der Waals surface area contributed by atoms with Crippen molar-refractivity contribution in [3.05, 3.63) is 0 Å². The van der Waals surface area contributed by atoms with E-state index in [-0.39, 0.29) is 18.7 Å². The standard InChI is InChI=1S/C9H18N4O3S/c1-6(3-15-2)16-4-7(14)5-17-9-11-8(10)12-13-9/h6-7,14H,3-5H2,1-2H3,(H3,10,11,12,13). The van der Waals surface area contributed by atoms with E-state index in [1.807, 2.05) is 6.92 Å². The van der Waals surface area contributed by atoms with Crippen LogP contribution in [-0.2, 0) is 9.47 Å². The summed E-state index contributed by atoms with van der Waals surface area (Å²) in [5.74, 6) is 0.726. The second kappa shape index (κ2) is 7.49. The molecule has 0 amide bonds. The number of nitrogens with one attached hydrogen (secondary N) is 1. The molecular formula is C9H18N4O3S. The first-order valence-electron chi connectivity index (χ1n) is 5.21. The summed E-state index contributed by atoms with van der Waals surface area (Å²) in [5, 5.41) is 16.5. The number of rotatable bonds is 8. The summed E-state index contributed by atoms with van der Waals surface area (Å²) in [7, 11) is 1.61. The number of H-pyrrole nitrogens is 1. The summed E-state index contributed by atoms with van der Waals surface area (Å²) >= 11 is 1.32. The van der Waals surface area contributed by atoms with Gasteiger partial charge in [-0.25, -0.2) is 5.10 Å². The molecule has 8 heteroatoms. The van der Waals surface area contributed by atoms with E-state index in [9.17, 15) is 5.11 Å². The third kappa shape index (κ3) is 5.87. The van der Waals surface area contributed by atoms with Crippen LogP contribution < -0.4 is 5.73 Å².